The summed E-state index contributed by atoms with van der Waals surface area (Å²) in [4.78, 5) is 11.6. The van der Waals surface area contributed by atoms with Gasteiger partial charge in [-0.25, -0.2) is 9.98 Å². The average Bonchev–Trinajstić information content (AvgIpc) is 3.12. The highest BCUT2D eigenvalue weighted by Gasteiger charge is 2.29. The van der Waals surface area contributed by atoms with Crippen molar-refractivity contribution in [2.45, 2.75) is 38.8 Å². The first-order valence-electron chi connectivity index (χ1n) is 9.63. The van der Waals surface area contributed by atoms with Crippen molar-refractivity contribution in [2.24, 2.45) is 4.99 Å². The Labute approximate surface area is 179 Å². The zero-order valence-corrected chi connectivity index (χ0v) is 18.7. The van der Waals surface area contributed by atoms with Crippen LogP contribution < -0.4 is 15.5 Å². The number of halogens is 1. The zero-order valence-electron chi connectivity index (χ0n) is 16.4. The smallest absolute Gasteiger partial charge is 0.191 e. The standard InChI is InChI=1S/C19H31N5O2.HI/c1-3-20-18(23-15-19(2)7-5-11-26-19)22-14-16-6-4-8-21-17(16)24-9-12-25-13-10-24;/h4,6,8H,3,5,7,9-15H2,1-2H3,(H2,20,22,23);1H. The van der Waals surface area contributed by atoms with Crippen molar-refractivity contribution in [3.63, 3.8) is 0 Å². The molecule has 152 valence electrons. The molecular weight excluding hydrogens is 457 g/mol. The topological polar surface area (TPSA) is 71.0 Å². The molecular formula is C19H32IN5O2. The summed E-state index contributed by atoms with van der Waals surface area (Å²) in [7, 11) is 0. The summed E-state index contributed by atoms with van der Waals surface area (Å²) < 4.78 is 11.3. The Balaban J connectivity index is 0.00000261. The van der Waals surface area contributed by atoms with E-state index in [-0.39, 0.29) is 29.6 Å². The molecule has 1 aromatic rings. The number of rotatable bonds is 6. The highest BCUT2D eigenvalue weighted by Crippen LogP contribution is 2.24. The van der Waals surface area contributed by atoms with E-state index in [1.165, 1.54) is 0 Å². The lowest BCUT2D eigenvalue weighted by Crippen LogP contribution is -2.45. The van der Waals surface area contributed by atoms with Crippen LogP contribution in [-0.4, -0.2) is 62.5 Å². The van der Waals surface area contributed by atoms with Crippen LogP contribution in [0.1, 0.15) is 32.3 Å². The summed E-state index contributed by atoms with van der Waals surface area (Å²) in [6, 6.07) is 4.08. The van der Waals surface area contributed by atoms with E-state index in [2.05, 4.69) is 40.4 Å². The minimum Gasteiger partial charge on any atom is -0.378 e. The van der Waals surface area contributed by atoms with Gasteiger partial charge in [0.1, 0.15) is 5.82 Å². The molecule has 2 N–H and O–H groups in total. The average molecular weight is 489 g/mol. The fourth-order valence-electron chi connectivity index (χ4n) is 3.37. The first kappa shape index (κ1) is 22.2. The first-order chi connectivity index (χ1) is 12.7. The maximum Gasteiger partial charge on any atom is 0.191 e. The van der Waals surface area contributed by atoms with Crippen LogP contribution in [0, 0.1) is 0 Å². The van der Waals surface area contributed by atoms with Gasteiger partial charge in [0.15, 0.2) is 5.96 Å². The van der Waals surface area contributed by atoms with Crippen LogP contribution >= 0.6 is 24.0 Å². The second-order valence-corrected chi connectivity index (χ2v) is 7.04. The molecule has 3 rings (SSSR count). The number of aliphatic imine (C=N–C) groups is 1. The van der Waals surface area contributed by atoms with Crippen LogP contribution in [0.2, 0.25) is 0 Å². The Morgan fingerprint density at radius 2 is 2.11 bits per heavy atom. The molecule has 2 fully saturated rings. The van der Waals surface area contributed by atoms with Crippen molar-refractivity contribution in [3.8, 4) is 0 Å². The lowest BCUT2D eigenvalue weighted by Gasteiger charge is -2.29. The molecule has 2 saturated heterocycles. The van der Waals surface area contributed by atoms with Crippen LogP contribution in [0.15, 0.2) is 23.3 Å². The van der Waals surface area contributed by atoms with Gasteiger partial charge in [-0.1, -0.05) is 6.07 Å². The Bertz CT molecular complexity index is 602. The fourth-order valence-corrected chi connectivity index (χ4v) is 3.37. The summed E-state index contributed by atoms with van der Waals surface area (Å²) in [5.41, 5.74) is 1.04. The molecule has 0 spiro atoms. The molecule has 27 heavy (non-hydrogen) atoms. The zero-order chi connectivity index (χ0) is 18.2. The first-order valence-corrected chi connectivity index (χ1v) is 9.63. The van der Waals surface area contributed by atoms with Gasteiger partial charge in [-0.3, -0.25) is 0 Å². The van der Waals surface area contributed by atoms with E-state index in [0.29, 0.717) is 6.54 Å². The molecule has 2 aliphatic heterocycles. The van der Waals surface area contributed by atoms with Crippen LogP contribution in [0.5, 0.6) is 0 Å². The summed E-state index contributed by atoms with van der Waals surface area (Å²) in [5, 5.41) is 6.75. The van der Waals surface area contributed by atoms with Gasteiger partial charge < -0.3 is 25.0 Å². The molecule has 2 aliphatic rings. The number of guanidine groups is 1. The lowest BCUT2D eigenvalue weighted by atomic mass is 10.0. The van der Waals surface area contributed by atoms with Gasteiger partial charge in [-0.05, 0) is 32.8 Å². The SMILES string of the molecule is CCNC(=NCc1cccnc1N1CCOCC1)NCC1(C)CCCO1.I. The lowest BCUT2D eigenvalue weighted by molar-refractivity contribution is 0.0243. The van der Waals surface area contributed by atoms with Crippen molar-refractivity contribution < 1.29 is 9.47 Å². The third-order valence-corrected chi connectivity index (χ3v) is 4.86. The minimum absolute atomic E-state index is 0. The monoisotopic (exact) mass is 489 g/mol. The number of hydrogen-bond donors (Lipinski definition) is 2. The van der Waals surface area contributed by atoms with Gasteiger partial charge in [0.05, 0.1) is 25.4 Å². The van der Waals surface area contributed by atoms with E-state index in [9.17, 15) is 0 Å². The molecule has 0 radical (unpaired) electrons. The van der Waals surface area contributed by atoms with Crippen LogP contribution in [0.4, 0.5) is 5.82 Å². The summed E-state index contributed by atoms with van der Waals surface area (Å²) in [6.07, 6.45) is 4.06. The number of morpholine rings is 1. The largest absolute Gasteiger partial charge is 0.378 e. The molecule has 0 bridgehead atoms. The van der Waals surface area contributed by atoms with E-state index >= 15 is 0 Å². The molecule has 8 heteroatoms. The third kappa shape index (κ3) is 6.46. The number of nitrogens with zero attached hydrogens (tertiary/aromatic N) is 3. The third-order valence-electron chi connectivity index (χ3n) is 4.86. The molecule has 1 atom stereocenters. The van der Waals surface area contributed by atoms with Gasteiger partial charge in [0, 0.05) is 44.5 Å². The molecule has 0 aromatic carbocycles. The number of aromatic nitrogens is 1. The normalized spacial score (nSPS) is 23.0. The van der Waals surface area contributed by atoms with E-state index in [1.807, 2.05) is 12.3 Å². The Hall–Kier alpha value is -1.13. The van der Waals surface area contributed by atoms with E-state index < -0.39 is 0 Å². The fraction of sp³-hybridized carbons (Fsp3) is 0.684. The molecule has 0 aliphatic carbocycles. The maximum atomic E-state index is 5.86. The van der Waals surface area contributed by atoms with E-state index in [4.69, 9.17) is 14.5 Å². The van der Waals surface area contributed by atoms with E-state index in [0.717, 1.165) is 76.2 Å². The van der Waals surface area contributed by atoms with Crippen molar-refractivity contribution in [3.05, 3.63) is 23.9 Å². The van der Waals surface area contributed by atoms with E-state index in [1.54, 1.807) is 0 Å². The predicted molar refractivity (Wildman–Crippen MR) is 119 cm³/mol. The highest BCUT2D eigenvalue weighted by molar-refractivity contribution is 14.0. The number of pyridine rings is 1. The summed E-state index contributed by atoms with van der Waals surface area (Å²) in [6.45, 7) is 10.5. The van der Waals surface area contributed by atoms with Gasteiger partial charge in [-0.15, -0.1) is 24.0 Å². The maximum absolute atomic E-state index is 5.86. The number of nitrogens with one attached hydrogen (secondary N) is 2. The van der Waals surface area contributed by atoms with Crippen LogP contribution in [-0.2, 0) is 16.0 Å². The summed E-state index contributed by atoms with van der Waals surface area (Å²) in [5.74, 6) is 1.84. The Morgan fingerprint density at radius 3 is 2.81 bits per heavy atom. The Kier molecular flexibility index (Phi) is 9.04. The van der Waals surface area contributed by atoms with Crippen molar-refractivity contribution >= 4 is 35.8 Å². The Morgan fingerprint density at radius 1 is 1.30 bits per heavy atom. The number of anilines is 1. The second-order valence-electron chi connectivity index (χ2n) is 7.04. The van der Waals surface area contributed by atoms with Gasteiger partial charge in [-0.2, -0.15) is 0 Å². The number of hydrogen-bond acceptors (Lipinski definition) is 5. The molecule has 0 amide bonds. The van der Waals surface area contributed by atoms with Gasteiger partial charge >= 0.3 is 0 Å². The summed E-state index contributed by atoms with van der Waals surface area (Å²) >= 11 is 0. The molecule has 1 unspecified atom stereocenters. The van der Waals surface area contributed by atoms with Crippen LogP contribution in [0.3, 0.4) is 0 Å². The molecule has 7 nitrogen and oxygen atoms in total. The minimum atomic E-state index is -0.0938. The molecule has 1 aromatic heterocycles. The van der Waals surface area contributed by atoms with Gasteiger partial charge in [0.25, 0.3) is 0 Å². The number of ether oxygens (including phenoxy) is 2. The highest BCUT2D eigenvalue weighted by atomic mass is 127. The predicted octanol–water partition coefficient (Wildman–Crippen LogP) is 2.16. The van der Waals surface area contributed by atoms with Crippen molar-refractivity contribution in [1.29, 1.82) is 0 Å². The molecule has 3 heterocycles. The quantitative estimate of drug-likeness (QED) is 0.363. The van der Waals surface area contributed by atoms with Gasteiger partial charge in [0.2, 0.25) is 0 Å². The second kappa shape index (κ2) is 11.0. The van der Waals surface area contributed by atoms with Crippen molar-refractivity contribution in [1.82, 2.24) is 15.6 Å². The molecule has 0 saturated carbocycles. The van der Waals surface area contributed by atoms with Crippen molar-refractivity contribution in [2.75, 3.05) is 50.9 Å². The van der Waals surface area contributed by atoms with Crippen LogP contribution in [0.25, 0.3) is 0 Å².